The van der Waals surface area contributed by atoms with Gasteiger partial charge in [-0.15, -0.1) is 0 Å². The Hall–Kier alpha value is -3.10. The van der Waals surface area contributed by atoms with Crippen LogP contribution in [0.2, 0.25) is 0 Å². The number of carbonyl (C=O) groups is 1. The predicted molar refractivity (Wildman–Crippen MR) is 105 cm³/mol. The van der Waals surface area contributed by atoms with Crippen molar-refractivity contribution in [1.29, 1.82) is 0 Å². The van der Waals surface area contributed by atoms with Gasteiger partial charge in [-0.05, 0) is 61.2 Å². The summed E-state index contributed by atoms with van der Waals surface area (Å²) >= 11 is 0. The third-order valence-corrected chi connectivity index (χ3v) is 5.49. The molecule has 4 rings (SSSR count). The SMILES string of the molecule is COc1ccc(OC)c(C2C(C(=O)OC3CCCCC3)=C(C)Nc3nnnn32)c1. The lowest BCUT2D eigenvalue weighted by Crippen LogP contribution is -2.32. The lowest BCUT2D eigenvalue weighted by Gasteiger charge is -2.30. The van der Waals surface area contributed by atoms with E-state index in [9.17, 15) is 4.79 Å². The van der Waals surface area contributed by atoms with Gasteiger partial charge in [-0.25, -0.2) is 4.79 Å². The summed E-state index contributed by atoms with van der Waals surface area (Å²) in [6, 6.07) is 4.85. The van der Waals surface area contributed by atoms with Crippen LogP contribution >= 0.6 is 0 Å². The molecule has 154 valence electrons. The number of nitrogens with one attached hydrogen (secondary N) is 1. The van der Waals surface area contributed by atoms with Gasteiger partial charge in [0.25, 0.3) is 0 Å². The third-order valence-electron chi connectivity index (χ3n) is 5.49. The molecule has 2 aliphatic rings. The average Bonchev–Trinajstić information content (AvgIpc) is 3.20. The monoisotopic (exact) mass is 399 g/mol. The van der Waals surface area contributed by atoms with Crippen LogP contribution in [0.25, 0.3) is 0 Å². The zero-order chi connectivity index (χ0) is 20.4. The van der Waals surface area contributed by atoms with Crippen LogP contribution in [0.4, 0.5) is 5.95 Å². The van der Waals surface area contributed by atoms with Crippen LogP contribution in [0.3, 0.4) is 0 Å². The van der Waals surface area contributed by atoms with E-state index in [1.54, 1.807) is 31.0 Å². The van der Waals surface area contributed by atoms with Crippen LogP contribution in [-0.2, 0) is 9.53 Å². The fraction of sp³-hybridized carbons (Fsp3) is 0.500. The summed E-state index contributed by atoms with van der Waals surface area (Å²) in [7, 11) is 3.18. The molecule has 1 atom stereocenters. The number of hydrogen-bond donors (Lipinski definition) is 1. The van der Waals surface area contributed by atoms with E-state index in [0.717, 1.165) is 31.2 Å². The second kappa shape index (κ2) is 8.10. The quantitative estimate of drug-likeness (QED) is 0.766. The average molecular weight is 399 g/mol. The highest BCUT2D eigenvalue weighted by atomic mass is 16.5. The number of benzene rings is 1. The smallest absolute Gasteiger partial charge is 0.338 e. The number of methoxy groups -OCH3 is 2. The highest BCUT2D eigenvalue weighted by Crippen LogP contribution is 2.40. The summed E-state index contributed by atoms with van der Waals surface area (Å²) in [5.41, 5.74) is 1.83. The van der Waals surface area contributed by atoms with Gasteiger partial charge in [0, 0.05) is 11.3 Å². The zero-order valence-corrected chi connectivity index (χ0v) is 16.8. The first kappa shape index (κ1) is 19.2. The number of anilines is 1. The Morgan fingerprint density at radius 1 is 1.17 bits per heavy atom. The fourth-order valence-corrected chi connectivity index (χ4v) is 4.02. The summed E-state index contributed by atoms with van der Waals surface area (Å²) in [6.07, 6.45) is 5.09. The first-order chi connectivity index (χ1) is 14.1. The second-order valence-corrected chi connectivity index (χ2v) is 7.29. The lowest BCUT2D eigenvalue weighted by atomic mass is 9.94. The van der Waals surface area contributed by atoms with Crippen LogP contribution in [0.1, 0.15) is 50.6 Å². The van der Waals surface area contributed by atoms with Crippen molar-refractivity contribution in [1.82, 2.24) is 20.2 Å². The van der Waals surface area contributed by atoms with Crippen molar-refractivity contribution in [3.63, 3.8) is 0 Å². The number of aromatic nitrogens is 4. The third kappa shape index (κ3) is 3.64. The molecule has 1 aromatic carbocycles. The van der Waals surface area contributed by atoms with Gasteiger partial charge in [-0.1, -0.05) is 11.5 Å². The number of hydrogen-bond acceptors (Lipinski definition) is 8. The van der Waals surface area contributed by atoms with Crippen LogP contribution in [0.15, 0.2) is 29.5 Å². The number of fused-ring (bicyclic) bond motifs is 1. The molecule has 29 heavy (non-hydrogen) atoms. The fourth-order valence-electron chi connectivity index (χ4n) is 4.02. The van der Waals surface area contributed by atoms with Crippen molar-refractivity contribution in [2.24, 2.45) is 0 Å². The normalized spacial score (nSPS) is 19.3. The van der Waals surface area contributed by atoms with E-state index < -0.39 is 6.04 Å². The molecule has 9 nitrogen and oxygen atoms in total. The molecule has 1 aliphatic carbocycles. The van der Waals surface area contributed by atoms with Gasteiger partial charge < -0.3 is 19.5 Å². The minimum Gasteiger partial charge on any atom is -0.497 e. The van der Waals surface area contributed by atoms with Crippen molar-refractivity contribution in [3.8, 4) is 11.5 Å². The van der Waals surface area contributed by atoms with Gasteiger partial charge in [-0.2, -0.15) is 4.68 Å². The number of ether oxygens (including phenoxy) is 3. The van der Waals surface area contributed by atoms with Gasteiger partial charge in [0.1, 0.15) is 23.6 Å². The standard InChI is InChI=1S/C20H25N5O4/c1-12-17(19(26)29-13-7-5-4-6-8-13)18(25-20(21-12)22-23-24-25)15-11-14(27-2)9-10-16(15)28-3/h9-11,13,18H,4-8H2,1-3H3,(H,21,22,24). The maximum atomic E-state index is 13.3. The Bertz CT molecular complexity index is 933. The maximum absolute atomic E-state index is 13.3. The Kier molecular flexibility index (Phi) is 5.37. The Balaban J connectivity index is 1.77. The Morgan fingerprint density at radius 3 is 2.69 bits per heavy atom. The molecule has 0 spiro atoms. The topological polar surface area (TPSA) is 100 Å². The molecule has 9 heteroatoms. The Morgan fingerprint density at radius 2 is 1.97 bits per heavy atom. The van der Waals surface area contributed by atoms with E-state index in [1.807, 2.05) is 13.0 Å². The van der Waals surface area contributed by atoms with Crippen molar-refractivity contribution in [3.05, 3.63) is 35.0 Å². The van der Waals surface area contributed by atoms with Gasteiger partial charge in [0.05, 0.1) is 19.8 Å². The molecule has 2 aromatic rings. The number of allylic oxidation sites excluding steroid dienone is 1. The van der Waals surface area contributed by atoms with E-state index in [1.165, 1.54) is 6.42 Å². The Labute approximate surface area is 169 Å². The molecular formula is C20H25N5O4. The van der Waals surface area contributed by atoms with Gasteiger partial charge in [-0.3, -0.25) is 0 Å². The molecule has 1 unspecified atom stereocenters. The predicted octanol–water partition coefficient (Wildman–Crippen LogP) is 2.86. The van der Waals surface area contributed by atoms with Gasteiger partial charge in [0.2, 0.25) is 5.95 Å². The summed E-state index contributed by atoms with van der Waals surface area (Å²) < 4.78 is 18.4. The van der Waals surface area contributed by atoms with Gasteiger partial charge in [0.15, 0.2) is 0 Å². The molecule has 0 radical (unpaired) electrons. The van der Waals surface area contributed by atoms with E-state index in [4.69, 9.17) is 14.2 Å². The zero-order valence-electron chi connectivity index (χ0n) is 16.8. The summed E-state index contributed by atoms with van der Waals surface area (Å²) in [5, 5.41) is 15.0. The lowest BCUT2D eigenvalue weighted by molar-refractivity contribution is -0.146. The number of esters is 1. The molecule has 2 heterocycles. The van der Waals surface area contributed by atoms with E-state index in [2.05, 4.69) is 20.8 Å². The molecule has 0 saturated heterocycles. The molecule has 1 aliphatic heterocycles. The minimum atomic E-state index is -0.595. The van der Waals surface area contributed by atoms with E-state index in [0.29, 0.717) is 28.7 Å². The molecule has 1 fully saturated rings. The molecule has 1 aromatic heterocycles. The number of rotatable bonds is 5. The van der Waals surface area contributed by atoms with Crippen molar-refractivity contribution >= 4 is 11.9 Å². The number of carbonyl (C=O) groups excluding carboxylic acids is 1. The van der Waals surface area contributed by atoms with Crippen molar-refractivity contribution < 1.29 is 19.0 Å². The van der Waals surface area contributed by atoms with Crippen molar-refractivity contribution in [2.75, 3.05) is 19.5 Å². The van der Waals surface area contributed by atoms with Crippen LogP contribution in [-0.4, -0.2) is 46.5 Å². The van der Waals surface area contributed by atoms with Gasteiger partial charge >= 0.3 is 5.97 Å². The van der Waals surface area contributed by atoms with Crippen LogP contribution in [0.5, 0.6) is 11.5 Å². The molecule has 0 amide bonds. The highest BCUT2D eigenvalue weighted by Gasteiger charge is 2.37. The first-order valence-corrected chi connectivity index (χ1v) is 9.81. The summed E-state index contributed by atoms with van der Waals surface area (Å²) in [5.74, 6) is 1.34. The highest BCUT2D eigenvalue weighted by molar-refractivity contribution is 5.92. The van der Waals surface area contributed by atoms with E-state index in [-0.39, 0.29) is 12.1 Å². The molecule has 1 saturated carbocycles. The second-order valence-electron chi connectivity index (χ2n) is 7.29. The summed E-state index contributed by atoms with van der Waals surface area (Å²) in [6.45, 7) is 1.83. The molecular weight excluding hydrogens is 374 g/mol. The van der Waals surface area contributed by atoms with Crippen LogP contribution < -0.4 is 14.8 Å². The molecule has 0 bridgehead atoms. The molecule has 1 N–H and O–H groups in total. The maximum Gasteiger partial charge on any atom is 0.338 e. The summed E-state index contributed by atoms with van der Waals surface area (Å²) in [4.78, 5) is 13.3. The first-order valence-electron chi connectivity index (χ1n) is 9.81. The number of nitrogens with zero attached hydrogens (tertiary/aromatic N) is 4. The minimum absolute atomic E-state index is 0.0559. The largest absolute Gasteiger partial charge is 0.497 e. The van der Waals surface area contributed by atoms with Crippen molar-refractivity contribution in [2.45, 2.75) is 51.2 Å². The van der Waals surface area contributed by atoms with Crippen LogP contribution in [0, 0.1) is 0 Å². The number of tetrazole rings is 1. The van der Waals surface area contributed by atoms with E-state index >= 15 is 0 Å².